The normalized spacial score (nSPS) is 13.7. The maximum Gasteiger partial charge on any atom is 0.416 e. The highest BCUT2D eigenvalue weighted by Gasteiger charge is 2.31. The number of halogens is 4. The lowest BCUT2D eigenvalue weighted by Gasteiger charge is -2.15. The van der Waals surface area contributed by atoms with Gasteiger partial charge in [0.1, 0.15) is 5.82 Å². The van der Waals surface area contributed by atoms with Gasteiger partial charge in [0.25, 0.3) is 0 Å². The van der Waals surface area contributed by atoms with Gasteiger partial charge in [-0.1, -0.05) is 26.2 Å². The lowest BCUT2D eigenvalue weighted by Crippen LogP contribution is -2.14. The van der Waals surface area contributed by atoms with Crippen LogP contribution < -0.4 is 5.73 Å². The first-order valence-electron chi connectivity index (χ1n) is 5.98. The summed E-state index contributed by atoms with van der Waals surface area (Å²) in [6, 6.07) is 1.69. The monoisotopic (exact) mass is 263 g/mol. The zero-order valence-corrected chi connectivity index (χ0v) is 10.2. The van der Waals surface area contributed by atoms with Crippen LogP contribution in [0.4, 0.5) is 17.6 Å². The largest absolute Gasteiger partial charge is 0.416 e. The number of alkyl halides is 3. The molecule has 1 aromatic carbocycles. The molecule has 0 fully saturated rings. The molecule has 5 heteroatoms. The highest BCUT2D eigenvalue weighted by molar-refractivity contribution is 5.29. The fourth-order valence-corrected chi connectivity index (χ4v) is 1.77. The Balaban J connectivity index is 2.86. The van der Waals surface area contributed by atoms with E-state index < -0.39 is 23.6 Å². The molecule has 1 aromatic rings. The van der Waals surface area contributed by atoms with Gasteiger partial charge in [-0.3, -0.25) is 0 Å². The summed E-state index contributed by atoms with van der Waals surface area (Å²) in [6.07, 6.45) is -1.27. The van der Waals surface area contributed by atoms with Crippen LogP contribution in [0.2, 0.25) is 0 Å². The fraction of sp³-hybridized carbons (Fsp3) is 0.538. The van der Waals surface area contributed by atoms with E-state index in [1.807, 2.05) is 6.92 Å². The second-order valence-corrected chi connectivity index (χ2v) is 4.34. The van der Waals surface area contributed by atoms with Crippen LogP contribution in [0.15, 0.2) is 18.2 Å². The molecule has 1 atom stereocenters. The van der Waals surface area contributed by atoms with Crippen molar-refractivity contribution in [1.82, 2.24) is 0 Å². The van der Waals surface area contributed by atoms with Crippen molar-refractivity contribution in [2.45, 2.75) is 44.8 Å². The van der Waals surface area contributed by atoms with E-state index in [-0.39, 0.29) is 5.56 Å². The van der Waals surface area contributed by atoms with E-state index in [4.69, 9.17) is 5.73 Å². The van der Waals surface area contributed by atoms with Gasteiger partial charge in [0.05, 0.1) is 5.56 Å². The molecule has 0 spiro atoms. The van der Waals surface area contributed by atoms with Gasteiger partial charge in [0.15, 0.2) is 0 Å². The molecule has 0 radical (unpaired) electrons. The van der Waals surface area contributed by atoms with Crippen molar-refractivity contribution in [2.24, 2.45) is 5.73 Å². The number of benzene rings is 1. The van der Waals surface area contributed by atoms with Crippen LogP contribution >= 0.6 is 0 Å². The summed E-state index contributed by atoms with van der Waals surface area (Å²) in [6.45, 7) is 2.01. The van der Waals surface area contributed by atoms with Crippen molar-refractivity contribution < 1.29 is 17.6 Å². The average Bonchev–Trinajstić information content (AvgIpc) is 2.28. The molecule has 1 rings (SSSR count). The lowest BCUT2D eigenvalue weighted by atomic mass is 9.98. The van der Waals surface area contributed by atoms with Crippen molar-refractivity contribution in [3.05, 3.63) is 35.1 Å². The number of hydrogen-bond acceptors (Lipinski definition) is 1. The summed E-state index contributed by atoms with van der Waals surface area (Å²) in [7, 11) is 0. The van der Waals surface area contributed by atoms with E-state index in [0.717, 1.165) is 37.5 Å². The molecule has 0 bridgehead atoms. The van der Waals surface area contributed by atoms with Gasteiger partial charge in [-0.05, 0) is 24.6 Å². The molecular formula is C13H17F4N. The first-order chi connectivity index (χ1) is 8.36. The molecule has 0 saturated carbocycles. The molecule has 0 aliphatic carbocycles. The molecule has 2 N–H and O–H groups in total. The third-order valence-corrected chi connectivity index (χ3v) is 2.84. The predicted octanol–water partition coefficient (Wildman–Crippen LogP) is 4.42. The molecule has 18 heavy (non-hydrogen) atoms. The highest BCUT2D eigenvalue weighted by atomic mass is 19.4. The smallest absolute Gasteiger partial charge is 0.324 e. The molecule has 0 saturated heterocycles. The van der Waals surface area contributed by atoms with Gasteiger partial charge < -0.3 is 5.73 Å². The maximum atomic E-state index is 13.5. The summed E-state index contributed by atoms with van der Waals surface area (Å²) in [5, 5.41) is 0. The number of hydrogen-bond donors (Lipinski definition) is 1. The van der Waals surface area contributed by atoms with Gasteiger partial charge >= 0.3 is 6.18 Å². The molecular weight excluding hydrogens is 246 g/mol. The Bertz CT molecular complexity index is 387. The Kier molecular flexibility index (Phi) is 5.14. The van der Waals surface area contributed by atoms with E-state index in [0.29, 0.717) is 6.42 Å². The lowest BCUT2D eigenvalue weighted by molar-refractivity contribution is -0.137. The molecule has 0 aliphatic rings. The molecule has 1 unspecified atom stereocenters. The van der Waals surface area contributed by atoms with Crippen molar-refractivity contribution in [1.29, 1.82) is 0 Å². The van der Waals surface area contributed by atoms with Crippen molar-refractivity contribution >= 4 is 0 Å². The van der Waals surface area contributed by atoms with Crippen LogP contribution in [0, 0.1) is 5.82 Å². The van der Waals surface area contributed by atoms with E-state index in [9.17, 15) is 17.6 Å². The summed E-state index contributed by atoms with van der Waals surface area (Å²) in [5.74, 6) is -0.674. The summed E-state index contributed by atoms with van der Waals surface area (Å²) >= 11 is 0. The second kappa shape index (κ2) is 6.18. The van der Waals surface area contributed by atoms with Crippen molar-refractivity contribution in [3.8, 4) is 0 Å². The Morgan fingerprint density at radius 3 is 2.44 bits per heavy atom. The maximum absolute atomic E-state index is 13.5. The molecule has 0 amide bonds. The molecule has 0 aromatic heterocycles. The van der Waals surface area contributed by atoms with E-state index in [1.54, 1.807) is 0 Å². The third kappa shape index (κ3) is 3.98. The first-order valence-corrected chi connectivity index (χ1v) is 5.98. The standard InChI is InChI=1S/C13H17F4N/c1-2-3-4-5-12(18)10-8-9(13(15,16)17)6-7-11(10)14/h6-8,12H,2-5,18H2,1H3. The van der Waals surface area contributed by atoms with Gasteiger partial charge in [-0.2, -0.15) is 13.2 Å². The van der Waals surface area contributed by atoms with E-state index in [1.165, 1.54) is 0 Å². The Morgan fingerprint density at radius 2 is 1.89 bits per heavy atom. The van der Waals surface area contributed by atoms with Crippen LogP contribution in [0.1, 0.15) is 49.8 Å². The van der Waals surface area contributed by atoms with Crippen LogP contribution in [0.3, 0.4) is 0 Å². The second-order valence-electron chi connectivity index (χ2n) is 4.34. The predicted molar refractivity (Wildman–Crippen MR) is 62.5 cm³/mol. The fourth-order valence-electron chi connectivity index (χ4n) is 1.77. The minimum absolute atomic E-state index is 0.0547. The van der Waals surface area contributed by atoms with E-state index >= 15 is 0 Å². The molecule has 1 nitrogen and oxygen atoms in total. The van der Waals surface area contributed by atoms with Gasteiger partial charge in [-0.25, -0.2) is 4.39 Å². The Morgan fingerprint density at radius 1 is 1.22 bits per heavy atom. The summed E-state index contributed by atoms with van der Waals surface area (Å²) in [4.78, 5) is 0. The topological polar surface area (TPSA) is 26.0 Å². The van der Waals surface area contributed by atoms with Crippen LogP contribution in [-0.2, 0) is 6.18 Å². The quantitative estimate of drug-likeness (QED) is 0.617. The zero-order chi connectivity index (χ0) is 13.8. The van der Waals surface area contributed by atoms with Gasteiger partial charge in [0, 0.05) is 11.6 Å². The van der Waals surface area contributed by atoms with Crippen molar-refractivity contribution in [3.63, 3.8) is 0 Å². The first kappa shape index (κ1) is 15.0. The van der Waals surface area contributed by atoms with Gasteiger partial charge in [0.2, 0.25) is 0 Å². The van der Waals surface area contributed by atoms with Gasteiger partial charge in [-0.15, -0.1) is 0 Å². The SMILES string of the molecule is CCCCCC(N)c1cc(C(F)(F)F)ccc1F. The number of nitrogens with two attached hydrogens (primary N) is 1. The highest BCUT2D eigenvalue weighted by Crippen LogP contribution is 2.32. The minimum atomic E-state index is -4.47. The average molecular weight is 263 g/mol. The van der Waals surface area contributed by atoms with Crippen LogP contribution in [-0.4, -0.2) is 0 Å². The molecule has 0 heterocycles. The van der Waals surface area contributed by atoms with Crippen molar-refractivity contribution in [2.75, 3.05) is 0 Å². The van der Waals surface area contributed by atoms with Crippen LogP contribution in [0.5, 0.6) is 0 Å². The molecule has 102 valence electrons. The third-order valence-electron chi connectivity index (χ3n) is 2.84. The Hall–Kier alpha value is -1.10. The van der Waals surface area contributed by atoms with E-state index in [2.05, 4.69) is 0 Å². The zero-order valence-electron chi connectivity index (χ0n) is 10.2. The number of rotatable bonds is 5. The number of unbranched alkanes of at least 4 members (excludes halogenated alkanes) is 2. The van der Waals surface area contributed by atoms with Crippen LogP contribution in [0.25, 0.3) is 0 Å². The molecule has 0 aliphatic heterocycles. The summed E-state index contributed by atoms with van der Waals surface area (Å²) in [5.41, 5.74) is 4.83. The summed E-state index contributed by atoms with van der Waals surface area (Å²) < 4.78 is 51.0. The minimum Gasteiger partial charge on any atom is -0.324 e. The Labute approximate surface area is 104 Å².